The minimum atomic E-state index is -0.777. The fourth-order valence-electron chi connectivity index (χ4n) is 4.46. The summed E-state index contributed by atoms with van der Waals surface area (Å²) >= 11 is 12.5. The molecular formula is C22H28Cl3NO. The summed E-state index contributed by atoms with van der Waals surface area (Å²) in [6, 6.07) is 16.2. The number of hydrogen-bond acceptors (Lipinski definition) is 2. The van der Waals surface area contributed by atoms with E-state index in [0.29, 0.717) is 16.5 Å². The van der Waals surface area contributed by atoms with Crippen LogP contribution in [0.15, 0.2) is 48.5 Å². The molecule has 1 fully saturated rings. The third-order valence-electron chi connectivity index (χ3n) is 5.66. The number of benzene rings is 2. The van der Waals surface area contributed by atoms with Crippen LogP contribution in [0.1, 0.15) is 42.9 Å². The summed E-state index contributed by atoms with van der Waals surface area (Å²) in [4.78, 5) is 2.24. The summed E-state index contributed by atoms with van der Waals surface area (Å²) in [5.74, 6) is 0.153. The van der Waals surface area contributed by atoms with Crippen molar-refractivity contribution in [3.8, 4) is 0 Å². The van der Waals surface area contributed by atoms with E-state index in [0.717, 1.165) is 31.2 Å². The average Bonchev–Trinajstić information content (AvgIpc) is 2.60. The molecule has 0 heterocycles. The normalized spacial score (nSPS) is 23.7. The Bertz CT molecular complexity index is 738. The minimum Gasteiger partial charge on any atom is -0.389 e. The van der Waals surface area contributed by atoms with E-state index in [1.165, 1.54) is 5.56 Å². The van der Waals surface area contributed by atoms with Gasteiger partial charge in [0.2, 0.25) is 0 Å². The zero-order valence-corrected chi connectivity index (χ0v) is 18.2. The van der Waals surface area contributed by atoms with Gasteiger partial charge >= 0.3 is 0 Å². The molecule has 5 heteroatoms. The standard InChI is InChI=1S/C22H27Cl2NO.ClH/c1-25(2)21(16-8-4-3-5-9-16)19-10-6-7-13-22(19,26)15-17-11-12-18(23)14-20(17)24;/h3-5,8-9,11-12,14,19,21,26H,6-7,10,13,15H2,1-2H3;1H. The van der Waals surface area contributed by atoms with Gasteiger partial charge in [-0.25, -0.2) is 0 Å². The van der Waals surface area contributed by atoms with Gasteiger partial charge in [0.05, 0.1) is 5.60 Å². The summed E-state index contributed by atoms with van der Waals surface area (Å²) in [7, 11) is 4.20. The van der Waals surface area contributed by atoms with Crippen LogP contribution in [-0.4, -0.2) is 29.7 Å². The summed E-state index contributed by atoms with van der Waals surface area (Å²) in [6.07, 6.45) is 4.57. The van der Waals surface area contributed by atoms with Gasteiger partial charge < -0.3 is 10.0 Å². The van der Waals surface area contributed by atoms with Crippen LogP contribution in [0.25, 0.3) is 0 Å². The Balaban J connectivity index is 0.00000261. The first-order valence-corrected chi connectivity index (χ1v) is 10.0. The van der Waals surface area contributed by atoms with E-state index in [4.69, 9.17) is 23.2 Å². The lowest BCUT2D eigenvalue weighted by molar-refractivity contribution is -0.0770. The molecule has 0 aromatic heterocycles. The molecule has 1 aliphatic carbocycles. The molecule has 27 heavy (non-hydrogen) atoms. The third-order valence-corrected chi connectivity index (χ3v) is 6.24. The molecule has 2 aromatic rings. The lowest BCUT2D eigenvalue weighted by Crippen LogP contribution is -2.48. The van der Waals surface area contributed by atoms with E-state index >= 15 is 0 Å². The van der Waals surface area contributed by atoms with Crippen molar-refractivity contribution < 1.29 is 5.11 Å². The Morgan fingerprint density at radius 3 is 2.44 bits per heavy atom. The summed E-state index contributed by atoms with van der Waals surface area (Å²) < 4.78 is 0. The molecule has 0 radical (unpaired) electrons. The third kappa shape index (κ3) is 5.19. The highest BCUT2D eigenvalue weighted by molar-refractivity contribution is 6.35. The van der Waals surface area contributed by atoms with Gasteiger partial charge in [-0.2, -0.15) is 0 Å². The summed E-state index contributed by atoms with van der Waals surface area (Å²) in [5, 5.41) is 13.0. The lowest BCUT2D eigenvalue weighted by Gasteiger charge is -2.46. The van der Waals surface area contributed by atoms with Crippen LogP contribution in [0.2, 0.25) is 10.0 Å². The van der Waals surface area contributed by atoms with Crippen molar-refractivity contribution in [1.82, 2.24) is 4.90 Å². The van der Waals surface area contributed by atoms with E-state index in [1.54, 1.807) is 6.07 Å². The smallest absolute Gasteiger partial charge is 0.0734 e. The first-order chi connectivity index (χ1) is 12.4. The topological polar surface area (TPSA) is 23.5 Å². The Kier molecular flexibility index (Phi) is 8.03. The van der Waals surface area contributed by atoms with Crippen LogP contribution in [-0.2, 0) is 6.42 Å². The largest absolute Gasteiger partial charge is 0.389 e. The maximum absolute atomic E-state index is 11.7. The molecule has 148 valence electrons. The molecule has 2 aromatic carbocycles. The van der Waals surface area contributed by atoms with E-state index in [2.05, 4.69) is 43.3 Å². The number of halogens is 3. The van der Waals surface area contributed by atoms with Gasteiger partial charge in [0.25, 0.3) is 0 Å². The molecule has 1 aliphatic rings. The number of hydrogen-bond donors (Lipinski definition) is 1. The Morgan fingerprint density at radius 1 is 1.11 bits per heavy atom. The summed E-state index contributed by atoms with van der Waals surface area (Å²) in [5.41, 5.74) is 1.45. The lowest BCUT2D eigenvalue weighted by atomic mass is 9.67. The monoisotopic (exact) mass is 427 g/mol. The highest BCUT2D eigenvalue weighted by Crippen LogP contribution is 2.45. The Hall–Kier alpha value is -0.770. The molecule has 3 atom stereocenters. The van der Waals surface area contributed by atoms with Crippen molar-refractivity contribution in [2.24, 2.45) is 5.92 Å². The molecular weight excluding hydrogens is 401 g/mol. The maximum Gasteiger partial charge on any atom is 0.0734 e. The predicted octanol–water partition coefficient (Wildman–Crippen LogP) is 6.18. The molecule has 0 amide bonds. The van der Waals surface area contributed by atoms with Crippen molar-refractivity contribution in [3.63, 3.8) is 0 Å². The molecule has 0 bridgehead atoms. The molecule has 3 unspecified atom stereocenters. The van der Waals surface area contributed by atoms with Crippen LogP contribution < -0.4 is 0 Å². The minimum absolute atomic E-state index is 0. The van der Waals surface area contributed by atoms with Gasteiger partial charge in [0, 0.05) is 28.4 Å². The van der Waals surface area contributed by atoms with E-state index < -0.39 is 5.60 Å². The highest BCUT2D eigenvalue weighted by atomic mass is 35.5. The molecule has 3 rings (SSSR count). The molecule has 2 nitrogen and oxygen atoms in total. The number of aliphatic hydroxyl groups is 1. The van der Waals surface area contributed by atoms with Gasteiger partial charge in [0.15, 0.2) is 0 Å². The van der Waals surface area contributed by atoms with Crippen molar-refractivity contribution in [3.05, 3.63) is 69.7 Å². The zero-order valence-electron chi connectivity index (χ0n) is 15.9. The molecule has 1 saturated carbocycles. The highest BCUT2D eigenvalue weighted by Gasteiger charge is 2.44. The molecule has 0 spiro atoms. The fourth-order valence-corrected chi connectivity index (χ4v) is 4.93. The number of rotatable bonds is 5. The van der Waals surface area contributed by atoms with Gasteiger partial charge in [-0.05, 0) is 50.2 Å². The molecule has 0 aliphatic heterocycles. The molecule has 0 saturated heterocycles. The van der Waals surface area contributed by atoms with Crippen molar-refractivity contribution in [1.29, 1.82) is 0 Å². The number of nitrogens with zero attached hydrogens (tertiary/aromatic N) is 1. The van der Waals surface area contributed by atoms with E-state index in [-0.39, 0.29) is 24.4 Å². The SMILES string of the molecule is CN(C)C(c1ccccc1)C1CCCCC1(O)Cc1ccc(Cl)cc1Cl.Cl. The van der Waals surface area contributed by atoms with Crippen LogP contribution in [0.3, 0.4) is 0 Å². The van der Waals surface area contributed by atoms with Crippen LogP contribution in [0, 0.1) is 5.92 Å². The first-order valence-electron chi connectivity index (χ1n) is 9.28. The van der Waals surface area contributed by atoms with E-state index in [9.17, 15) is 5.11 Å². The second kappa shape index (κ2) is 9.62. The van der Waals surface area contributed by atoms with Crippen LogP contribution >= 0.6 is 35.6 Å². The second-order valence-electron chi connectivity index (χ2n) is 7.69. The average molecular weight is 429 g/mol. The van der Waals surface area contributed by atoms with E-state index in [1.807, 2.05) is 18.2 Å². The van der Waals surface area contributed by atoms with Gasteiger partial charge in [-0.15, -0.1) is 12.4 Å². The first kappa shape index (κ1) is 22.5. The van der Waals surface area contributed by atoms with Crippen molar-refractivity contribution >= 4 is 35.6 Å². The predicted molar refractivity (Wildman–Crippen MR) is 117 cm³/mol. The van der Waals surface area contributed by atoms with Gasteiger partial charge in [0.1, 0.15) is 0 Å². The zero-order chi connectivity index (χ0) is 18.7. The van der Waals surface area contributed by atoms with Crippen LogP contribution in [0.5, 0.6) is 0 Å². The summed E-state index contributed by atoms with van der Waals surface area (Å²) in [6.45, 7) is 0. The van der Waals surface area contributed by atoms with Crippen molar-refractivity contribution in [2.45, 2.75) is 43.7 Å². The van der Waals surface area contributed by atoms with Crippen molar-refractivity contribution in [2.75, 3.05) is 14.1 Å². The van der Waals surface area contributed by atoms with Gasteiger partial charge in [-0.3, -0.25) is 0 Å². The fraction of sp³-hybridized carbons (Fsp3) is 0.455. The Morgan fingerprint density at radius 2 is 1.81 bits per heavy atom. The Labute approximate surface area is 178 Å². The maximum atomic E-state index is 11.7. The second-order valence-corrected chi connectivity index (χ2v) is 8.53. The quantitative estimate of drug-likeness (QED) is 0.614. The van der Waals surface area contributed by atoms with Crippen LogP contribution in [0.4, 0.5) is 0 Å². The molecule has 1 N–H and O–H groups in total. The van der Waals surface area contributed by atoms with Gasteiger partial charge in [-0.1, -0.05) is 72.4 Å².